The smallest absolute Gasteiger partial charge is 0.149 e. The van der Waals surface area contributed by atoms with Crippen molar-refractivity contribution in [2.75, 3.05) is 0 Å². The number of rotatable bonds is 4. The predicted octanol–water partition coefficient (Wildman–Crippen LogP) is 4.18. The number of carbonyl (C=O) groups excluding carboxylic acids is 1. The molecule has 92 valence electrons. The maximum atomic E-state index is 13.4. The van der Waals surface area contributed by atoms with E-state index in [1.165, 1.54) is 6.07 Å². The predicted molar refractivity (Wildman–Crippen MR) is 73.0 cm³/mol. The van der Waals surface area contributed by atoms with Gasteiger partial charge in [-0.15, -0.1) is 0 Å². The van der Waals surface area contributed by atoms with Crippen LogP contribution in [0.1, 0.15) is 24.0 Å². The van der Waals surface area contributed by atoms with Gasteiger partial charge in [-0.1, -0.05) is 15.9 Å². The third-order valence-electron chi connectivity index (χ3n) is 3.07. The summed E-state index contributed by atoms with van der Waals surface area (Å²) in [5.41, 5.74) is 1.90. The van der Waals surface area contributed by atoms with Crippen LogP contribution < -0.4 is 0 Å². The molecule has 1 saturated carbocycles. The maximum absolute atomic E-state index is 13.4. The van der Waals surface area contributed by atoms with Crippen LogP contribution in [-0.2, 0) is 11.2 Å². The Bertz CT molecular complexity index is 455. The minimum absolute atomic E-state index is 0.186. The van der Waals surface area contributed by atoms with Gasteiger partial charge in [0.15, 0.2) is 0 Å². The molecule has 0 bridgehead atoms. The van der Waals surface area contributed by atoms with Gasteiger partial charge in [0, 0.05) is 5.92 Å². The zero-order valence-electron chi connectivity index (χ0n) is 9.47. The van der Waals surface area contributed by atoms with Gasteiger partial charge in [-0.05, 0) is 65.4 Å². The van der Waals surface area contributed by atoms with Crippen LogP contribution in [0.2, 0.25) is 0 Å². The monoisotopic (exact) mass is 362 g/mol. The molecule has 1 aliphatic rings. The fourth-order valence-corrected chi connectivity index (χ4v) is 3.01. The number of Topliss-reactive ketones (excluding diaryl/α,β-unsaturated/α-hetero) is 1. The highest BCUT2D eigenvalue weighted by atomic mass is 79.9. The van der Waals surface area contributed by atoms with Gasteiger partial charge < -0.3 is 0 Å². The summed E-state index contributed by atoms with van der Waals surface area (Å²) in [5, 5.41) is 0. The van der Waals surface area contributed by atoms with Crippen molar-refractivity contribution in [2.24, 2.45) is 5.92 Å². The van der Waals surface area contributed by atoms with Crippen molar-refractivity contribution in [2.45, 2.75) is 31.0 Å². The number of hydrogen-bond acceptors (Lipinski definition) is 1. The number of alkyl halides is 1. The Morgan fingerprint density at radius 1 is 1.53 bits per heavy atom. The van der Waals surface area contributed by atoms with Crippen molar-refractivity contribution in [3.05, 3.63) is 33.5 Å². The molecule has 0 amide bonds. The first-order valence-corrected chi connectivity index (χ1v) is 7.32. The standard InChI is InChI=1S/C13H13Br2FO/c1-7-4-10(14)12(16)6-9(7)5-11(15)13(17)8-2-3-8/h4,6,8,11H,2-3,5H2,1H3. The van der Waals surface area contributed by atoms with E-state index in [1.807, 2.05) is 6.92 Å². The van der Waals surface area contributed by atoms with Crippen molar-refractivity contribution >= 4 is 37.6 Å². The summed E-state index contributed by atoms with van der Waals surface area (Å²) in [7, 11) is 0. The zero-order valence-corrected chi connectivity index (χ0v) is 12.6. The fraction of sp³-hybridized carbons (Fsp3) is 0.462. The molecule has 17 heavy (non-hydrogen) atoms. The third kappa shape index (κ3) is 3.16. The van der Waals surface area contributed by atoms with E-state index in [4.69, 9.17) is 0 Å². The molecule has 4 heteroatoms. The Balaban J connectivity index is 2.12. The molecule has 0 radical (unpaired) electrons. The summed E-state index contributed by atoms with van der Waals surface area (Å²) in [6.07, 6.45) is 2.58. The Morgan fingerprint density at radius 3 is 2.76 bits per heavy atom. The van der Waals surface area contributed by atoms with Gasteiger partial charge in [0.2, 0.25) is 0 Å². The van der Waals surface area contributed by atoms with E-state index in [0.717, 1.165) is 24.0 Å². The number of carbonyl (C=O) groups is 1. The van der Waals surface area contributed by atoms with Crippen LogP contribution in [0.15, 0.2) is 16.6 Å². The molecule has 1 fully saturated rings. The summed E-state index contributed by atoms with van der Waals surface area (Å²) < 4.78 is 13.9. The van der Waals surface area contributed by atoms with Crippen LogP contribution in [0.3, 0.4) is 0 Å². The summed E-state index contributed by atoms with van der Waals surface area (Å²) in [6.45, 7) is 1.93. The molecule has 1 unspecified atom stereocenters. The molecule has 0 heterocycles. The second kappa shape index (κ2) is 5.19. The van der Waals surface area contributed by atoms with Crippen molar-refractivity contribution in [1.82, 2.24) is 0 Å². The van der Waals surface area contributed by atoms with Crippen LogP contribution in [0, 0.1) is 18.7 Å². The highest BCUT2D eigenvalue weighted by Crippen LogP contribution is 2.33. The molecule has 1 aromatic rings. The highest BCUT2D eigenvalue weighted by molar-refractivity contribution is 9.10. The second-order valence-corrected chi connectivity index (χ2v) is 6.50. The maximum Gasteiger partial charge on any atom is 0.149 e. The first kappa shape index (κ1) is 13.2. The van der Waals surface area contributed by atoms with Gasteiger partial charge in [-0.3, -0.25) is 4.79 Å². The van der Waals surface area contributed by atoms with Crippen molar-refractivity contribution in [1.29, 1.82) is 0 Å². The van der Waals surface area contributed by atoms with E-state index in [-0.39, 0.29) is 22.3 Å². The summed E-state index contributed by atoms with van der Waals surface area (Å²) in [6, 6.07) is 3.26. The lowest BCUT2D eigenvalue weighted by Gasteiger charge is -2.11. The van der Waals surface area contributed by atoms with Crippen LogP contribution in [0.4, 0.5) is 4.39 Å². The van der Waals surface area contributed by atoms with E-state index in [2.05, 4.69) is 31.9 Å². The van der Waals surface area contributed by atoms with E-state index in [1.54, 1.807) is 6.07 Å². The summed E-state index contributed by atoms with van der Waals surface area (Å²) >= 11 is 6.57. The quantitative estimate of drug-likeness (QED) is 0.733. The summed E-state index contributed by atoms with van der Waals surface area (Å²) in [4.78, 5) is 11.6. The number of ketones is 1. The third-order valence-corrected chi connectivity index (χ3v) is 4.45. The lowest BCUT2D eigenvalue weighted by Crippen LogP contribution is -2.19. The Morgan fingerprint density at radius 2 is 2.18 bits per heavy atom. The number of halogens is 3. The fourth-order valence-electron chi connectivity index (χ4n) is 1.82. The molecule has 1 atom stereocenters. The first-order chi connectivity index (χ1) is 7.99. The van der Waals surface area contributed by atoms with E-state index < -0.39 is 0 Å². The Hall–Kier alpha value is -0.220. The highest BCUT2D eigenvalue weighted by Gasteiger charge is 2.33. The molecule has 0 N–H and O–H groups in total. The molecule has 0 spiro atoms. The van der Waals surface area contributed by atoms with Gasteiger partial charge in [0.25, 0.3) is 0 Å². The number of benzene rings is 1. The first-order valence-electron chi connectivity index (χ1n) is 5.61. The Kier molecular flexibility index (Phi) is 4.03. The molecule has 1 aliphatic carbocycles. The molecular formula is C13H13Br2FO. The molecule has 2 rings (SSSR count). The minimum Gasteiger partial charge on any atom is -0.298 e. The average molecular weight is 364 g/mol. The topological polar surface area (TPSA) is 17.1 Å². The van der Waals surface area contributed by atoms with E-state index in [0.29, 0.717) is 10.9 Å². The van der Waals surface area contributed by atoms with E-state index in [9.17, 15) is 9.18 Å². The van der Waals surface area contributed by atoms with E-state index >= 15 is 0 Å². The van der Waals surface area contributed by atoms with Gasteiger partial charge in [0.1, 0.15) is 11.6 Å². The van der Waals surface area contributed by atoms with Crippen molar-refractivity contribution in [3.8, 4) is 0 Å². The SMILES string of the molecule is Cc1cc(Br)c(F)cc1CC(Br)C(=O)C1CC1. The van der Waals surface area contributed by atoms with Crippen molar-refractivity contribution in [3.63, 3.8) is 0 Å². The molecule has 0 saturated heterocycles. The molecular weight excluding hydrogens is 351 g/mol. The summed E-state index contributed by atoms with van der Waals surface area (Å²) in [5.74, 6) is 0.219. The number of aryl methyl sites for hydroxylation is 1. The van der Waals surface area contributed by atoms with Gasteiger partial charge >= 0.3 is 0 Å². The van der Waals surface area contributed by atoms with Crippen LogP contribution >= 0.6 is 31.9 Å². The normalized spacial score (nSPS) is 16.9. The molecule has 1 nitrogen and oxygen atoms in total. The molecule has 0 aliphatic heterocycles. The van der Waals surface area contributed by atoms with Crippen LogP contribution in [0.25, 0.3) is 0 Å². The number of hydrogen-bond donors (Lipinski definition) is 0. The van der Waals surface area contributed by atoms with Gasteiger partial charge in [-0.2, -0.15) is 0 Å². The minimum atomic E-state index is -0.274. The lowest BCUT2D eigenvalue weighted by atomic mass is 10.0. The van der Waals surface area contributed by atoms with Gasteiger partial charge in [0.05, 0.1) is 9.30 Å². The van der Waals surface area contributed by atoms with Crippen molar-refractivity contribution < 1.29 is 9.18 Å². The molecule has 0 aromatic heterocycles. The molecule has 1 aromatic carbocycles. The second-order valence-electron chi connectivity index (χ2n) is 4.54. The van der Waals surface area contributed by atoms with Crippen LogP contribution in [-0.4, -0.2) is 10.6 Å². The average Bonchev–Trinajstić information content (AvgIpc) is 3.08. The Labute approximate surface area is 117 Å². The van der Waals surface area contributed by atoms with Crippen LogP contribution in [0.5, 0.6) is 0 Å². The largest absolute Gasteiger partial charge is 0.298 e. The van der Waals surface area contributed by atoms with Gasteiger partial charge in [-0.25, -0.2) is 4.39 Å². The zero-order chi connectivity index (χ0) is 12.6. The lowest BCUT2D eigenvalue weighted by molar-refractivity contribution is -0.119.